The number of rotatable bonds is 7. The molecule has 0 aliphatic heterocycles. The third-order valence-corrected chi connectivity index (χ3v) is 8.59. The van der Waals surface area contributed by atoms with Crippen molar-refractivity contribution in [1.29, 1.82) is 0 Å². The molecule has 0 atom stereocenters. The van der Waals surface area contributed by atoms with Gasteiger partial charge in [-0.3, -0.25) is 4.57 Å². The normalized spacial score (nSPS) is 12.8. The molecular weight excluding hydrogens is 431 g/mol. The number of nitrogens with zero attached hydrogens (tertiary/aromatic N) is 2. The van der Waals surface area contributed by atoms with E-state index in [1.807, 2.05) is 41.8 Å². The molecule has 0 spiro atoms. The minimum absolute atomic E-state index is 0.245. The third kappa shape index (κ3) is 4.42. The van der Waals surface area contributed by atoms with E-state index in [-0.39, 0.29) is 12.2 Å². The van der Waals surface area contributed by atoms with Crippen LogP contribution in [0.3, 0.4) is 0 Å². The van der Waals surface area contributed by atoms with E-state index in [4.69, 9.17) is 9.05 Å². The summed E-state index contributed by atoms with van der Waals surface area (Å²) >= 11 is 0. The lowest BCUT2D eigenvalue weighted by Crippen LogP contribution is -2.14. The molecule has 0 saturated carbocycles. The molecule has 2 aromatic heterocycles. The standard InChI is InChI=1S/C27H35N2O3P/c1-17(2)31-33(30,32-18(3)4)27(23-15-28(7)25-11-9-19(5)13-21(23)25)24-16-29(8)26-12-10-20(6)14-22(24)26/h9-18,27H,1-8H3. The van der Waals surface area contributed by atoms with Gasteiger partial charge in [0.2, 0.25) is 0 Å². The molecule has 0 unspecified atom stereocenters. The SMILES string of the molecule is Cc1ccc2c(c1)c(C(c1cn(C)c3ccc(C)cc13)P(=O)(OC(C)C)OC(C)C)cn2C. The minimum atomic E-state index is -3.62. The zero-order valence-corrected chi connectivity index (χ0v) is 21.8. The average molecular weight is 467 g/mol. The molecule has 0 radical (unpaired) electrons. The highest BCUT2D eigenvalue weighted by Crippen LogP contribution is 2.66. The van der Waals surface area contributed by atoms with Crippen molar-refractivity contribution in [1.82, 2.24) is 9.13 Å². The van der Waals surface area contributed by atoms with E-state index in [0.29, 0.717) is 0 Å². The van der Waals surface area contributed by atoms with Crippen molar-refractivity contribution in [2.45, 2.75) is 59.4 Å². The van der Waals surface area contributed by atoms with Crippen LogP contribution in [0.15, 0.2) is 48.8 Å². The van der Waals surface area contributed by atoms with Crippen LogP contribution >= 0.6 is 7.60 Å². The molecule has 0 aliphatic carbocycles. The van der Waals surface area contributed by atoms with Crippen molar-refractivity contribution in [3.05, 3.63) is 71.0 Å². The summed E-state index contributed by atoms with van der Waals surface area (Å²) in [5.41, 5.74) is 5.89. The fourth-order valence-electron chi connectivity index (χ4n) is 4.75. The quantitative estimate of drug-likeness (QED) is 0.266. The topological polar surface area (TPSA) is 45.4 Å². The monoisotopic (exact) mass is 466 g/mol. The number of hydrogen-bond acceptors (Lipinski definition) is 3. The van der Waals surface area contributed by atoms with Gasteiger partial charge in [0.25, 0.3) is 0 Å². The Hall–Kier alpha value is -2.33. The maximum atomic E-state index is 14.7. The van der Waals surface area contributed by atoms with Crippen LogP contribution in [0.4, 0.5) is 0 Å². The van der Waals surface area contributed by atoms with Gasteiger partial charge < -0.3 is 18.2 Å². The van der Waals surface area contributed by atoms with E-state index in [1.54, 1.807) is 0 Å². The molecule has 2 aromatic carbocycles. The maximum absolute atomic E-state index is 14.7. The Balaban J connectivity index is 2.10. The molecule has 0 saturated heterocycles. The Morgan fingerprint density at radius 1 is 0.727 bits per heavy atom. The van der Waals surface area contributed by atoms with Crippen molar-refractivity contribution >= 4 is 29.4 Å². The van der Waals surface area contributed by atoms with Crippen molar-refractivity contribution in [3.8, 4) is 0 Å². The lowest BCUT2D eigenvalue weighted by atomic mass is 10.0. The molecule has 6 heteroatoms. The van der Waals surface area contributed by atoms with Gasteiger partial charge in [0.05, 0.1) is 12.2 Å². The second-order valence-electron chi connectivity index (χ2n) is 9.68. The molecule has 4 rings (SSSR count). The molecule has 33 heavy (non-hydrogen) atoms. The van der Waals surface area contributed by atoms with Crippen LogP contribution < -0.4 is 0 Å². The van der Waals surface area contributed by atoms with Crippen LogP contribution in [0.1, 0.15) is 55.6 Å². The molecule has 0 N–H and O–H groups in total. The van der Waals surface area contributed by atoms with E-state index < -0.39 is 13.3 Å². The molecular formula is C27H35N2O3P. The van der Waals surface area contributed by atoms with E-state index in [9.17, 15) is 4.57 Å². The van der Waals surface area contributed by atoms with Gasteiger partial charge in [0.1, 0.15) is 5.66 Å². The van der Waals surface area contributed by atoms with Gasteiger partial charge in [-0.1, -0.05) is 23.3 Å². The number of aryl methyl sites for hydroxylation is 4. The van der Waals surface area contributed by atoms with Gasteiger partial charge in [-0.2, -0.15) is 0 Å². The number of fused-ring (bicyclic) bond motifs is 2. The fourth-order valence-corrected chi connectivity index (χ4v) is 7.31. The largest absolute Gasteiger partial charge is 0.350 e. The van der Waals surface area contributed by atoms with Gasteiger partial charge in [-0.15, -0.1) is 0 Å². The van der Waals surface area contributed by atoms with Gasteiger partial charge in [0.15, 0.2) is 0 Å². The molecule has 176 valence electrons. The Bertz CT molecular complexity index is 1260. The Labute approximate surface area is 196 Å². The van der Waals surface area contributed by atoms with Crippen molar-refractivity contribution in [2.24, 2.45) is 14.1 Å². The molecule has 5 nitrogen and oxygen atoms in total. The highest BCUT2D eigenvalue weighted by molar-refractivity contribution is 7.54. The highest BCUT2D eigenvalue weighted by Gasteiger charge is 2.43. The van der Waals surface area contributed by atoms with Gasteiger partial charge in [0, 0.05) is 48.3 Å². The van der Waals surface area contributed by atoms with Crippen LogP contribution in [-0.2, 0) is 27.7 Å². The second kappa shape index (κ2) is 8.79. The Morgan fingerprint density at radius 3 is 1.48 bits per heavy atom. The smallest absolute Gasteiger partial charge is 0.343 e. The maximum Gasteiger partial charge on any atom is 0.343 e. The lowest BCUT2D eigenvalue weighted by Gasteiger charge is -2.30. The van der Waals surface area contributed by atoms with E-state index >= 15 is 0 Å². The summed E-state index contributed by atoms with van der Waals surface area (Å²) < 4.78 is 31.4. The van der Waals surface area contributed by atoms with Crippen LogP contribution in [0, 0.1) is 13.8 Å². The third-order valence-electron chi connectivity index (χ3n) is 5.97. The zero-order chi connectivity index (χ0) is 24.1. The van der Waals surface area contributed by atoms with Crippen molar-refractivity contribution < 1.29 is 13.6 Å². The fraction of sp³-hybridized carbons (Fsp3) is 0.407. The summed E-state index contributed by atoms with van der Waals surface area (Å²) in [6.07, 6.45) is 3.68. The summed E-state index contributed by atoms with van der Waals surface area (Å²) in [4.78, 5) is 0. The number of benzene rings is 2. The van der Waals surface area contributed by atoms with E-state index in [0.717, 1.165) is 44.1 Å². The molecule has 0 amide bonds. The number of hydrogen-bond donors (Lipinski definition) is 0. The van der Waals surface area contributed by atoms with Gasteiger partial charge in [-0.05, 0) is 76.9 Å². The summed E-state index contributed by atoms with van der Waals surface area (Å²) in [6, 6.07) is 12.8. The molecule has 4 aromatic rings. The molecule has 2 heterocycles. The van der Waals surface area contributed by atoms with Gasteiger partial charge in [-0.25, -0.2) is 0 Å². The Morgan fingerprint density at radius 2 is 1.12 bits per heavy atom. The Kier molecular flexibility index (Phi) is 6.34. The summed E-state index contributed by atoms with van der Waals surface area (Å²) in [6.45, 7) is 11.8. The molecule has 0 aliphatic rings. The first kappa shape index (κ1) is 23.8. The van der Waals surface area contributed by atoms with Crippen molar-refractivity contribution in [2.75, 3.05) is 0 Å². The van der Waals surface area contributed by atoms with Crippen molar-refractivity contribution in [3.63, 3.8) is 0 Å². The summed E-state index contributed by atoms with van der Waals surface area (Å²) in [5, 5.41) is 2.15. The second-order valence-corrected chi connectivity index (χ2v) is 11.7. The molecule has 0 bridgehead atoms. The average Bonchev–Trinajstić information content (AvgIpc) is 3.17. The zero-order valence-electron chi connectivity index (χ0n) is 20.9. The predicted molar refractivity (Wildman–Crippen MR) is 137 cm³/mol. The van der Waals surface area contributed by atoms with Crippen LogP contribution in [0.25, 0.3) is 21.8 Å². The summed E-state index contributed by atoms with van der Waals surface area (Å²) in [5.74, 6) is 0. The lowest BCUT2D eigenvalue weighted by molar-refractivity contribution is 0.139. The minimum Gasteiger partial charge on any atom is -0.350 e. The highest BCUT2D eigenvalue weighted by atomic mass is 31.2. The van der Waals surface area contributed by atoms with E-state index in [1.165, 1.54) is 0 Å². The number of aromatic nitrogens is 2. The van der Waals surface area contributed by atoms with E-state index in [2.05, 4.69) is 71.8 Å². The van der Waals surface area contributed by atoms with Crippen LogP contribution in [0.2, 0.25) is 0 Å². The first-order valence-electron chi connectivity index (χ1n) is 11.6. The van der Waals surface area contributed by atoms with Crippen LogP contribution in [-0.4, -0.2) is 21.3 Å². The first-order valence-corrected chi connectivity index (χ1v) is 13.2. The van der Waals surface area contributed by atoms with Gasteiger partial charge >= 0.3 is 7.60 Å². The molecule has 0 fully saturated rings. The first-order chi connectivity index (χ1) is 15.5. The summed E-state index contributed by atoms with van der Waals surface area (Å²) in [7, 11) is 0.437. The van der Waals surface area contributed by atoms with Crippen LogP contribution in [0.5, 0.6) is 0 Å². The predicted octanol–water partition coefficient (Wildman–Crippen LogP) is 7.42.